The molecule has 1 atom stereocenters. The molecule has 3 aromatic rings. The summed E-state index contributed by atoms with van der Waals surface area (Å²) in [6.45, 7) is 2.07. The Morgan fingerprint density at radius 2 is 2.10 bits per heavy atom. The number of imidazole rings is 1. The summed E-state index contributed by atoms with van der Waals surface area (Å²) < 4.78 is 10.6. The van der Waals surface area contributed by atoms with Crippen LogP contribution in [0.25, 0.3) is 11.2 Å². The Labute approximate surface area is 174 Å². The zero-order valence-corrected chi connectivity index (χ0v) is 17.2. The van der Waals surface area contributed by atoms with Crippen LogP contribution in [0, 0.1) is 5.92 Å². The Morgan fingerprint density at radius 3 is 2.93 bits per heavy atom. The van der Waals surface area contributed by atoms with Crippen molar-refractivity contribution in [2.75, 3.05) is 38.8 Å². The minimum absolute atomic E-state index is 0.0721. The van der Waals surface area contributed by atoms with E-state index in [0.29, 0.717) is 30.2 Å². The molecule has 1 saturated heterocycles. The number of carbonyl (C=O) groups is 1. The number of anilines is 1. The van der Waals surface area contributed by atoms with Crippen molar-refractivity contribution < 1.29 is 14.3 Å². The van der Waals surface area contributed by atoms with Gasteiger partial charge in [-0.05, 0) is 37.0 Å². The van der Waals surface area contributed by atoms with E-state index in [1.807, 2.05) is 18.2 Å². The van der Waals surface area contributed by atoms with Crippen molar-refractivity contribution >= 4 is 22.9 Å². The first kappa shape index (κ1) is 19.9. The van der Waals surface area contributed by atoms with Gasteiger partial charge in [0.05, 0.1) is 26.5 Å². The average Bonchev–Trinajstić information content (AvgIpc) is 3.28. The highest BCUT2D eigenvalue weighted by Crippen LogP contribution is 2.28. The van der Waals surface area contributed by atoms with E-state index in [2.05, 4.69) is 30.2 Å². The first-order valence-corrected chi connectivity index (χ1v) is 10.1. The Kier molecular flexibility index (Phi) is 5.97. The fourth-order valence-electron chi connectivity index (χ4n) is 3.89. The van der Waals surface area contributed by atoms with E-state index in [4.69, 9.17) is 9.47 Å². The van der Waals surface area contributed by atoms with Gasteiger partial charge in [0.2, 0.25) is 5.91 Å². The SMILES string of the molecule is COc1ccc(CCNC(=O)C2CCCN(c3ncnc4nc[nH]c34)C2)cc1OC. The highest BCUT2D eigenvalue weighted by atomic mass is 16.5. The van der Waals surface area contributed by atoms with E-state index in [1.54, 1.807) is 20.5 Å². The third-order valence-corrected chi connectivity index (χ3v) is 5.46. The molecule has 3 heterocycles. The topological polar surface area (TPSA) is 105 Å². The maximum Gasteiger partial charge on any atom is 0.224 e. The third-order valence-electron chi connectivity index (χ3n) is 5.46. The zero-order chi connectivity index (χ0) is 20.9. The van der Waals surface area contributed by atoms with Crippen molar-refractivity contribution in [2.24, 2.45) is 5.92 Å². The number of rotatable bonds is 7. The highest BCUT2D eigenvalue weighted by molar-refractivity contribution is 5.84. The lowest BCUT2D eigenvalue weighted by molar-refractivity contribution is -0.125. The minimum Gasteiger partial charge on any atom is -0.493 e. The lowest BCUT2D eigenvalue weighted by atomic mass is 9.97. The average molecular weight is 410 g/mol. The van der Waals surface area contributed by atoms with Crippen molar-refractivity contribution in [3.05, 3.63) is 36.4 Å². The van der Waals surface area contributed by atoms with Crippen LogP contribution in [0.5, 0.6) is 11.5 Å². The predicted octanol–water partition coefficient (Wildman–Crippen LogP) is 1.95. The number of aromatic amines is 1. The standard InChI is InChI=1S/C21H26N6O3/c1-29-16-6-5-14(10-17(16)30-2)7-8-22-21(28)15-4-3-9-27(11-15)20-18-19(24-12-23-18)25-13-26-20/h5-6,10,12-13,15H,3-4,7-9,11H2,1-2H3,(H,22,28)(H,23,24,25,26). The summed E-state index contributed by atoms with van der Waals surface area (Å²) in [6, 6.07) is 5.81. The van der Waals surface area contributed by atoms with Gasteiger partial charge in [-0.15, -0.1) is 0 Å². The second kappa shape index (κ2) is 8.98. The first-order valence-electron chi connectivity index (χ1n) is 10.1. The predicted molar refractivity (Wildman–Crippen MR) is 113 cm³/mol. The molecule has 1 aromatic carbocycles. The minimum atomic E-state index is -0.0721. The molecule has 0 bridgehead atoms. The smallest absolute Gasteiger partial charge is 0.224 e. The van der Waals surface area contributed by atoms with Crippen molar-refractivity contribution in [1.29, 1.82) is 0 Å². The normalized spacial score (nSPS) is 16.5. The van der Waals surface area contributed by atoms with Gasteiger partial charge in [0.25, 0.3) is 0 Å². The lowest BCUT2D eigenvalue weighted by Gasteiger charge is -2.32. The molecule has 30 heavy (non-hydrogen) atoms. The molecule has 0 aliphatic carbocycles. The maximum absolute atomic E-state index is 12.8. The number of benzene rings is 1. The molecule has 1 fully saturated rings. The number of amides is 1. The van der Waals surface area contributed by atoms with Gasteiger partial charge in [-0.1, -0.05) is 6.07 Å². The van der Waals surface area contributed by atoms with E-state index < -0.39 is 0 Å². The fraction of sp³-hybridized carbons (Fsp3) is 0.429. The molecular formula is C21H26N6O3. The van der Waals surface area contributed by atoms with Crippen molar-refractivity contribution in [3.63, 3.8) is 0 Å². The van der Waals surface area contributed by atoms with Gasteiger partial charge in [0.15, 0.2) is 23.0 Å². The van der Waals surface area contributed by atoms with Crippen LogP contribution < -0.4 is 19.7 Å². The summed E-state index contributed by atoms with van der Waals surface area (Å²) in [5.41, 5.74) is 2.54. The summed E-state index contributed by atoms with van der Waals surface area (Å²) >= 11 is 0. The molecule has 9 nitrogen and oxygen atoms in total. The largest absolute Gasteiger partial charge is 0.493 e. The van der Waals surface area contributed by atoms with E-state index in [1.165, 1.54) is 6.33 Å². The zero-order valence-electron chi connectivity index (χ0n) is 17.2. The monoisotopic (exact) mass is 410 g/mol. The van der Waals surface area contributed by atoms with Gasteiger partial charge >= 0.3 is 0 Å². The number of nitrogens with zero attached hydrogens (tertiary/aromatic N) is 4. The molecule has 1 aliphatic heterocycles. The number of hydrogen-bond donors (Lipinski definition) is 2. The number of carbonyl (C=O) groups excluding carboxylic acids is 1. The third kappa shape index (κ3) is 4.14. The molecule has 158 valence electrons. The van der Waals surface area contributed by atoms with Crippen LogP contribution in [0.15, 0.2) is 30.9 Å². The number of piperidine rings is 1. The first-order chi connectivity index (χ1) is 14.7. The molecule has 4 rings (SSSR count). The quantitative estimate of drug-likeness (QED) is 0.613. The number of methoxy groups -OCH3 is 2. The number of H-pyrrole nitrogens is 1. The van der Waals surface area contributed by atoms with E-state index in [-0.39, 0.29) is 11.8 Å². The number of hydrogen-bond acceptors (Lipinski definition) is 7. The molecule has 1 amide bonds. The van der Waals surface area contributed by atoms with E-state index >= 15 is 0 Å². The van der Waals surface area contributed by atoms with Crippen LogP contribution in [-0.2, 0) is 11.2 Å². The van der Waals surface area contributed by atoms with Gasteiger partial charge in [-0.25, -0.2) is 15.0 Å². The highest BCUT2D eigenvalue weighted by Gasteiger charge is 2.27. The summed E-state index contributed by atoms with van der Waals surface area (Å²) in [6.07, 6.45) is 5.67. The van der Waals surface area contributed by atoms with Crippen LogP contribution in [0.2, 0.25) is 0 Å². The van der Waals surface area contributed by atoms with E-state index in [9.17, 15) is 4.79 Å². The Hall–Kier alpha value is -3.36. The number of aromatic nitrogens is 4. The summed E-state index contributed by atoms with van der Waals surface area (Å²) in [5, 5.41) is 3.08. The summed E-state index contributed by atoms with van der Waals surface area (Å²) in [7, 11) is 3.23. The van der Waals surface area contributed by atoms with Crippen LogP contribution in [0.3, 0.4) is 0 Å². The van der Waals surface area contributed by atoms with Crippen LogP contribution in [-0.4, -0.2) is 59.7 Å². The molecule has 1 aliphatic rings. The van der Waals surface area contributed by atoms with Gasteiger partial charge in [0.1, 0.15) is 11.8 Å². The van der Waals surface area contributed by atoms with Gasteiger partial charge in [-0.2, -0.15) is 0 Å². The van der Waals surface area contributed by atoms with Crippen molar-refractivity contribution in [2.45, 2.75) is 19.3 Å². The van der Waals surface area contributed by atoms with Crippen molar-refractivity contribution in [1.82, 2.24) is 25.3 Å². The van der Waals surface area contributed by atoms with Crippen LogP contribution >= 0.6 is 0 Å². The van der Waals surface area contributed by atoms with Gasteiger partial charge in [0, 0.05) is 19.6 Å². The molecule has 0 spiro atoms. The molecule has 2 N–H and O–H groups in total. The summed E-state index contributed by atoms with van der Waals surface area (Å²) in [4.78, 5) is 30.8. The molecular weight excluding hydrogens is 384 g/mol. The van der Waals surface area contributed by atoms with Gasteiger partial charge < -0.3 is 24.7 Å². The molecule has 9 heteroatoms. The Morgan fingerprint density at radius 1 is 1.23 bits per heavy atom. The van der Waals surface area contributed by atoms with Crippen LogP contribution in [0.4, 0.5) is 5.82 Å². The lowest BCUT2D eigenvalue weighted by Crippen LogP contribution is -2.43. The van der Waals surface area contributed by atoms with Crippen LogP contribution in [0.1, 0.15) is 18.4 Å². The Bertz CT molecular complexity index is 1020. The number of fused-ring (bicyclic) bond motifs is 1. The molecule has 0 saturated carbocycles. The summed E-state index contributed by atoms with van der Waals surface area (Å²) in [5.74, 6) is 2.20. The Balaban J connectivity index is 1.34. The number of nitrogens with one attached hydrogen (secondary N) is 2. The molecule has 2 aromatic heterocycles. The number of ether oxygens (including phenoxy) is 2. The second-order valence-corrected chi connectivity index (χ2v) is 7.31. The molecule has 1 unspecified atom stereocenters. The second-order valence-electron chi connectivity index (χ2n) is 7.31. The van der Waals surface area contributed by atoms with Crippen molar-refractivity contribution in [3.8, 4) is 11.5 Å². The fourth-order valence-corrected chi connectivity index (χ4v) is 3.89. The van der Waals surface area contributed by atoms with E-state index in [0.717, 1.165) is 42.7 Å². The van der Waals surface area contributed by atoms with Gasteiger partial charge in [-0.3, -0.25) is 4.79 Å². The maximum atomic E-state index is 12.8. The molecule has 0 radical (unpaired) electrons.